The SMILES string of the molecule is Cl.NC(=Nc1ccc2c(c1)CN(CC(=O)c1ccc(OCC(=O)O)cc1)C2=O)NC(=O)OCc1ccccc1. The first-order valence-corrected chi connectivity index (χ1v) is 11.5. The van der Waals surface area contributed by atoms with Gasteiger partial charge in [0.25, 0.3) is 5.91 Å². The van der Waals surface area contributed by atoms with E-state index >= 15 is 0 Å². The van der Waals surface area contributed by atoms with Gasteiger partial charge in [-0.15, -0.1) is 12.4 Å². The summed E-state index contributed by atoms with van der Waals surface area (Å²) in [6.45, 7) is -0.341. The van der Waals surface area contributed by atoms with E-state index in [-0.39, 0.29) is 49.8 Å². The van der Waals surface area contributed by atoms with Crippen LogP contribution in [0.15, 0.2) is 77.8 Å². The summed E-state index contributed by atoms with van der Waals surface area (Å²) in [7, 11) is 0. The molecule has 12 heteroatoms. The Bertz CT molecular complexity index is 1400. The number of hydrogen-bond acceptors (Lipinski definition) is 7. The number of aliphatic carboxylic acids is 1. The number of carboxylic acids is 1. The zero-order valence-electron chi connectivity index (χ0n) is 20.5. The molecule has 1 heterocycles. The second-order valence-corrected chi connectivity index (χ2v) is 8.32. The number of rotatable bonds is 9. The van der Waals surface area contributed by atoms with Crippen LogP contribution in [-0.2, 0) is 22.7 Å². The molecule has 0 radical (unpaired) electrons. The van der Waals surface area contributed by atoms with E-state index < -0.39 is 18.7 Å². The minimum absolute atomic E-state index is 0. The highest BCUT2D eigenvalue weighted by Gasteiger charge is 2.29. The van der Waals surface area contributed by atoms with E-state index in [1.165, 1.54) is 29.2 Å². The molecule has 1 aliphatic heterocycles. The number of nitrogens with one attached hydrogen (secondary N) is 1. The first-order chi connectivity index (χ1) is 18.3. The van der Waals surface area contributed by atoms with Gasteiger partial charge < -0.3 is 25.2 Å². The van der Waals surface area contributed by atoms with Gasteiger partial charge in [-0.3, -0.25) is 14.9 Å². The maximum Gasteiger partial charge on any atom is 0.414 e. The summed E-state index contributed by atoms with van der Waals surface area (Å²) in [5, 5.41) is 11.0. The third-order valence-corrected chi connectivity index (χ3v) is 5.53. The average molecular weight is 553 g/mol. The highest BCUT2D eigenvalue weighted by molar-refractivity contribution is 6.04. The maximum absolute atomic E-state index is 12.8. The molecule has 0 aliphatic carbocycles. The fourth-order valence-corrected chi connectivity index (χ4v) is 3.74. The van der Waals surface area contributed by atoms with Crippen LogP contribution in [0.2, 0.25) is 0 Å². The lowest BCUT2D eigenvalue weighted by Gasteiger charge is -2.14. The summed E-state index contributed by atoms with van der Waals surface area (Å²) in [6.07, 6.45) is -0.752. The molecule has 39 heavy (non-hydrogen) atoms. The van der Waals surface area contributed by atoms with Gasteiger partial charge in [-0.05, 0) is 53.6 Å². The van der Waals surface area contributed by atoms with Crippen LogP contribution in [0.3, 0.4) is 0 Å². The number of hydrogen-bond donors (Lipinski definition) is 3. The van der Waals surface area contributed by atoms with Gasteiger partial charge in [0.15, 0.2) is 12.4 Å². The number of carbonyl (C=O) groups excluding carboxylic acids is 3. The molecular formula is C27H25ClN4O7. The van der Waals surface area contributed by atoms with Crippen LogP contribution in [0.4, 0.5) is 10.5 Å². The molecule has 0 saturated carbocycles. The summed E-state index contributed by atoms with van der Waals surface area (Å²) in [6, 6.07) is 20.0. The van der Waals surface area contributed by atoms with Gasteiger partial charge in [0.1, 0.15) is 12.4 Å². The largest absolute Gasteiger partial charge is 0.482 e. The van der Waals surface area contributed by atoms with Crippen molar-refractivity contribution in [2.24, 2.45) is 10.7 Å². The van der Waals surface area contributed by atoms with Gasteiger partial charge in [0.05, 0.1) is 12.2 Å². The summed E-state index contributed by atoms with van der Waals surface area (Å²) in [4.78, 5) is 53.7. The van der Waals surface area contributed by atoms with E-state index in [0.29, 0.717) is 28.1 Å². The molecule has 0 atom stereocenters. The number of ketones is 1. The van der Waals surface area contributed by atoms with Gasteiger partial charge in [0, 0.05) is 17.7 Å². The second-order valence-electron chi connectivity index (χ2n) is 8.32. The van der Waals surface area contributed by atoms with Crippen molar-refractivity contribution < 1.29 is 33.8 Å². The number of nitrogens with two attached hydrogens (primary N) is 1. The third-order valence-electron chi connectivity index (χ3n) is 5.53. The number of amides is 2. The number of carboxylic acid groups (broad SMARTS) is 1. The number of nitrogens with zero attached hydrogens (tertiary/aromatic N) is 2. The maximum atomic E-state index is 12.8. The van der Waals surface area contributed by atoms with Crippen LogP contribution >= 0.6 is 12.4 Å². The average Bonchev–Trinajstić information content (AvgIpc) is 3.21. The Morgan fingerprint density at radius 2 is 1.74 bits per heavy atom. The monoisotopic (exact) mass is 552 g/mol. The highest BCUT2D eigenvalue weighted by Crippen LogP contribution is 2.27. The Hall–Kier alpha value is -4.90. The fraction of sp³-hybridized carbons (Fsp3) is 0.148. The second kappa shape index (κ2) is 13.1. The molecule has 0 spiro atoms. The predicted molar refractivity (Wildman–Crippen MR) is 143 cm³/mol. The van der Waals surface area contributed by atoms with Crippen molar-refractivity contribution in [3.05, 3.63) is 95.1 Å². The summed E-state index contributed by atoms with van der Waals surface area (Å²) in [5.41, 5.74) is 8.55. The van der Waals surface area contributed by atoms with Crippen LogP contribution in [0.1, 0.15) is 31.8 Å². The summed E-state index contributed by atoms with van der Waals surface area (Å²) < 4.78 is 10.2. The van der Waals surface area contributed by atoms with Crippen LogP contribution in [-0.4, -0.2) is 52.9 Å². The lowest BCUT2D eigenvalue weighted by atomic mass is 10.1. The number of fused-ring (bicyclic) bond motifs is 1. The Labute approximate surface area is 229 Å². The Balaban J connectivity index is 0.00000420. The molecule has 3 aromatic carbocycles. The topological polar surface area (TPSA) is 161 Å². The van der Waals surface area contributed by atoms with Crippen molar-refractivity contribution in [1.29, 1.82) is 0 Å². The van der Waals surface area contributed by atoms with E-state index in [9.17, 15) is 19.2 Å². The van der Waals surface area contributed by atoms with Gasteiger partial charge in [-0.25, -0.2) is 14.6 Å². The minimum Gasteiger partial charge on any atom is -0.482 e. The smallest absolute Gasteiger partial charge is 0.414 e. The molecule has 2 amide bonds. The standard InChI is InChI=1S/C27H24N4O7.ClH/c28-26(30-27(36)38-15-17-4-2-1-3-5-17)29-20-8-11-22-19(12-20)13-31(25(22)35)14-23(32)18-6-9-21(10-7-18)37-16-24(33)34;/h1-12H,13-16H2,(H,33,34)(H3,28,29,30,36);1H. The van der Waals surface area contributed by atoms with Crippen molar-refractivity contribution in [2.75, 3.05) is 13.2 Å². The van der Waals surface area contributed by atoms with E-state index in [4.69, 9.17) is 20.3 Å². The molecule has 1 aliphatic rings. The van der Waals surface area contributed by atoms with E-state index in [1.54, 1.807) is 18.2 Å². The van der Waals surface area contributed by atoms with Gasteiger partial charge in [-0.2, -0.15) is 0 Å². The molecule has 202 valence electrons. The number of aliphatic imine (C=N–C) groups is 1. The lowest BCUT2D eigenvalue weighted by Crippen LogP contribution is -2.36. The van der Waals surface area contributed by atoms with Crippen molar-refractivity contribution in [3.8, 4) is 5.75 Å². The van der Waals surface area contributed by atoms with Crippen molar-refractivity contribution in [2.45, 2.75) is 13.2 Å². The molecule has 0 fully saturated rings. The normalized spacial score (nSPS) is 12.3. The van der Waals surface area contributed by atoms with Gasteiger partial charge >= 0.3 is 12.1 Å². The van der Waals surface area contributed by atoms with Crippen LogP contribution in [0.25, 0.3) is 0 Å². The van der Waals surface area contributed by atoms with Crippen molar-refractivity contribution in [1.82, 2.24) is 10.2 Å². The molecule has 4 N–H and O–H groups in total. The summed E-state index contributed by atoms with van der Waals surface area (Å²) >= 11 is 0. The molecule has 11 nitrogen and oxygen atoms in total. The minimum atomic E-state index is -1.11. The highest BCUT2D eigenvalue weighted by atomic mass is 35.5. The number of Topliss-reactive ketones (excluding diaryl/α,β-unsaturated/α-hetero) is 1. The lowest BCUT2D eigenvalue weighted by molar-refractivity contribution is -0.139. The van der Waals surface area contributed by atoms with Crippen LogP contribution in [0.5, 0.6) is 5.75 Å². The Kier molecular flexibility index (Phi) is 9.60. The molecule has 0 aromatic heterocycles. The number of halogens is 1. The first-order valence-electron chi connectivity index (χ1n) is 11.5. The molecular weight excluding hydrogens is 528 g/mol. The summed E-state index contributed by atoms with van der Waals surface area (Å²) in [5.74, 6) is -1.53. The van der Waals surface area contributed by atoms with Crippen molar-refractivity contribution in [3.63, 3.8) is 0 Å². The van der Waals surface area contributed by atoms with Crippen molar-refractivity contribution >= 4 is 47.8 Å². The third kappa shape index (κ3) is 7.79. The van der Waals surface area contributed by atoms with E-state index in [1.807, 2.05) is 30.3 Å². The Morgan fingerprint density at radius 3 is 2.44 bits per heavy atom. The first kappa shape index (κ1) is 28.7. The predicted octanol–water partition coefficient (Wildman–Crippen LogP) is 3.28. The molecule has 0 bridgehead atoms. The number of ether oxygens (including phenoxy) is 2. The Morgan fingerprint density at radius 1 is 1.03 bits per heavy atom. The molecule has 3 aromatic rings. The molecule has 0 unspecified atom stereocenters. The van der Waals surface area contributed by atoms with E-state index in [2.05, 4.69) is 10.3 Å². The van der Waals surface area contributed by atoms with Crippen LogP contribution in [0, 0.1) is 0 Å². The van der Waals surface area contributed by atoms with Crippen LogP contribution < -0.4 is 15.8 Å². The number of benzene rings is 3. The zero-order chi connectivity index (χ0) is 27.1. The number of guanidine groups is 1. The number of carbonyl (C=O) groups is 4. The molecule has 4 rings (SSSR count). The molecule has 0 saturated heterocycles. The van der Waals surface area contributed by atoms with E-state index in [0.717, 1.165) is 5.56 Å². The quantitative estimate of drug-likeness (QED) is 0.207. The van der Waals surface area contributed by atoms with Gasteiger partial charge in [0.2, 0.25) is 5.96 Å². The van der Waals surface area contributed by atoms with Gasteiger partial charge in [-0.1, -0.05) is 30.3 Å². The zero-order valence-corrected chi connectivity index (χ0v) is 21.3. The fourth-order valence-electron chi connectivity index (χ4n) is 3.74. The number of alkyl carbamates (subject to hydrolysis) is 1.